The molecule has 1 aliphatic rings. The monoisotopic (exact) mass is 221 g/mol. The average molecular weight is 221 g/mol. The van der Waals surface area contributed by atoms with Gasteiger partial charge >= 0.3 is 5.97 Å². The van der Waals surface area contributed by atoms with Gasteiger partial charge in [0.1, 0.15) is 11.6 Å². The largest absolute Gasteiger partial charge is 0.459 e. The molecule has 1 aliphatic carbocycles. The van der Waals surface area contributed by atoms with Crippen LogP contribution in [-0.2, 0) is 9.53 Å². The normalized spacial score (nSPS) is 25.9. The minimum Gasteiger partial charge on any atom is -0.459 e. The van der Waals surface area contributed by atoms with E-state index in [1.54, 1.807) is 20.8 Å². The number of carbonyl (C=O) groups excluding carboxylic acids is 1. The van der Waals surface area contributed by atoms with E-state index in [9.17, 15) is 13.6 Å². The number of esters is 1. The molecule has 0 radical (unpaired) electrons. The third-order valence-corrected chi connectivity index (χ3v) is 2.20. The zero-order chi connectivity index (χ0) is 11.9. The minimum absolute atomic E-state index is 0.00190. The molecular weight excluding hydrogens is 204 g/mol. The van der Waals surface area contributed by atoms with Crippen LogP contribution in [-0.4, -0.2) is 23.5 Å². The van der Waals surface area contributed by atoms with Crippen molar-refractivity contribution in [3.05, 3.63) is 0 Å². The summed E-state index contributed by atoms with van der Waals surface area (Å²) in [6.07, 6.45) is -0.161. The van der Waals surface area contributed by atoms with E-state index in [-0.39, 0.29) is 12.8 Å². The van der Waals surface area contributed by atoms with Crippen molar-refractivity contribution >= 4 is 5.97 Å². The van der Waals surface area contributed by atoms with Gasteiger partial charge in [0, 0.05) is 12.3 Å². The molecule has 1 unspecified atom stereocenters. The molecule has 3 nitrogen and oxygen atoms in total. The predicted octanol–water partition coefficient (Wildman–Crippen LogP) is 1.70. The first-order chi connectivity index (χ1) is 6.62. The highest BCUT2D eigenvalue weighted by Gasteiger charge is 2.57. The average Bonchev–Trinajstić information content (AvgIpc) is 2.54. The van der Waals surface area contributed by atoms with Gasteiger partial charge in [-0.25, -0.2) is 8.78 Å². The molecule has 0 bridgehead atoms. The molecular formula is C10H17F2NO2. The fourth-order valence-electron chi connectivity index (χ4n) is 1.31. The van der Waals surface area contributed by atoms with Crippen LogP contribution in [0, 0.1) is 5.92 Å². The second-order valence-corrected chi connectivity index (χ2v) is 5.04. The van der Waals surface area contributed by atoms with Crippen molar-refractivity contribution in [1.82, 2.24) is 0 Å². The zero-order valence-corrected chi connectivity index (χ0v) is 9.22. The summed E-state index contributed by atoms with van der Waals surface area (Å²) in [7, 11) is 0. The molecule has 1 rings (SSSR count). The Hall–Kier alpha value is -0.710. The van der Waals surface area contributed by atoms with E-state index >= 15 is 0 Å². The van der Waals surface area contributed by atoms with Crippen molar-refractivity contribution < 1.29 is 18.3 Å². The summed E-state index contributed by atoms with van der Waals surface area (Å²) >= 11 is 0. The molecule has 88 valence electrons. The molecule has 0 aromatic rings. The van der Waals surface area contributed by atoms with E-state index in [4.69, 9.17) is 10.5 Å². The Bertz CT molecular complexity index is 261. The number of alkyl halides is 2. The highest BCUT2D eigenvalue weighted by atomic mass is 19.3. The third-order valence-electron chi connectivity index (χ3n) is 2.20. The maximum Gasteiger partial charge on any atom is 0.323 e. The van der Waals surface area contributed by atoms with Gasteiger partial charge in [-0.1, -0.05) is 0 Å². The van der Waals surface area contributed by atoms with E-state index < -0.39 is 29.5 Å². The molecule has 0 heterocycles. The van der Waals surface area contributed by atoms with Gasteiger partial charge in [0.25, 0.3) is 5.92 Å². The summed E-state index contributed by atoms with van der Waals surface area (Å²) in [5.74, 6) is -3.98. The number of hydrogen-bond donors (Lipinski definition) is 1. The Morgan fingerprint density at radius 3 is 2.40 bits per heavy atom. The molecule has 0 aromatic carbocycles. The van der Waals surface area contributed by atoms with E-state index in [0.29, 0.717) is 0 Å². The molecule has 2 atom stereocenters. The first kappa shape index (κ1) is 12.4. The van der Waals surface area contributed by atoms with Crippen molar-refractivity contribution in [2.24, 2.45) is 11.7 Å². The van der Waals surface area contributed by atoms with Crippen LogP contribution in [0.3, 0.4) is 0 Å². The van der Waals surface area contributed by atoms with Gasteiger partial charge in [-0.3, -0.25) is 4.79 Å². The van der Waals surface area contributed by atoms with Crippen LogP contribution in [0.15, 0.2) is 0 Å². The van der Waals surface area contributed by atoms with E-state index in [1.165, 1.54) is 0 Å². The highest BCUT2D eigenvalue weighted by molar-refractivity contribution is 5.75. The van der Waals surface area contributed by atoms with E-state index in [2.05, 4.69) is 0 Å². The number of nitrogens with two attached hydrogens (primary N) is 1. The van der Waals surface area contributed by atoms with Crippen molar-refractivity contribution in [2.75, 3.05) is 0 Å². The Labute approximate surface area is 88.0 Å². The van der Waals surface area contributed by atoms with Crippen molar-refractivity contribution in [3.8, 4) is 0 Å². The highest BCUT2D eigenvalue weighted by Crippen LogP contribution is 2.51. The van der Waals surface area contributed by atoms with Crippen LogP contribution in [0.25, 0.3) is 0 Å². The molecule has 0 spiro atoms. The first-order valence-electron chi connectivity index (χ1n) is 4.98. The summed E-state index contributed by atoms with van der Waals surface area (Å²) in [6, 6.07) is -0.942. The first-order valence-corrected chi connectivity index (χ1v) is 4.98. The molecule has 0 amide bonds. The van der Waals surface area contributed by atoms with Crippen LogP contribution < -0.4 is 5.73 Å². The summed E-state index contributed by atoms with van der Waals surface area (Å²) in [4.78, 5) is 11.3. The molecule has 1 fully saturated rings. The standard InChI is InChI=1S/C10H17F2NO2/c1-9(2,3)15-8(14)7(13)4-6-5-10(6,11)12/h6-7H,4-5,13H2,1-3H3/t6?,7-/m1/s1. The summed E-state index contributed by atoms with van der Waals surface area (Å²) in [6.45, 7) is 5.13. The number of carbonyl (C=O) groups is 1. The molecule has 0 saturated heterocycles. The second-order valence-electron chi connectivity index (χ2n) is 5.04. The van der Waals surface area contributed by atoms with Crippen LogP contribution in [0.1, 0.15) is 33.6 Å². The number of ether oxygens (including phenoxy) is 1. The van der Waals surface area contributed by atoms with Crippen molar-refractivity contribution in [1.29, 1.82) is 0 Å². The third kappa shape index (κ3) is 3.74. The van der Waals surface area contributed by atoms with Gasteiger partial charge in [-0.05, 0) is 27.2 Å². The Kier molecular flexibility index (Phi) is 3.05. The maximum absolute atomic E-state index is 12.6. The van der Waals surface area contributed by atoms with Gasteiger partial charge in [-0.2, -0.15) is 0 Å². The fraction of sp³-hybridized carbons (Fsp3) is 0.900. The molecule has 15 heavy (non-hydrogen) atoms. The van der Waals surface area contributed by atoms with E-state index in [1.807, 2.05) is 0 Å². The lowest BCUT2D eigenvalue weighted by Gasteiger charge is -2.22. The van der Waals surface area contributed by atoms with Crippen molar-refractivity contribution in [2.45, 2.75) is 51.2 Å². The van der Waals surface area contributed by atoms with Gasteiger partial charge in [-0.15, -0.1) is 0 Å². The maximum atomic E-state index is 12.6. The number of rotatable bonds is 3. The number of halogens is 2. The smallest absolute Gasteiger partial charge is 0.323 e. The van der Waals surface area contributed by atoms with Crippen LogP contribution in [0.2, 0.25) is 0 Å². The van der Waals surface area contributed by atoms with Gasteiger partial charge in [0.15, 0.2) is 0 Å². The lowest BCUT2D eigenvalue weighted by Crippen LogP contribution is -2.38. The predicted molar refractivity (Wildman–Crippen MR) is 51.5 cm³/mol. The lowest BCUT2D eigenvalue weighted by atomic mass is 10.1. The fourth-order valence-corrected chi connectivity index (χ4v) is 1.31. The van der Waals surface area contributed by atoms with Gasteiger partial charge in [0.2, 0.25) is 0 Å². The Morgan fingerprint density at radius 2 is 2.07 bits per heavy atom. The minimum atomic E-state index is -2.63. The van der Waals surface area contributed by atoms with Crippen LogP contribution in [0.5, 0.6) is 0 Å². The van der Waals surface area contributed by atoms with E-state index in [0.717, 1.165) is 0 Å². The summed E-state index contributed by atoms with van der Waals surface area (Å²) in [5, 5.41) is 0. The van der Waals surface area contributed by atoms with Crippen LogP contribution in [0.4, 0.5) is 8.78 Å². The van der Waals surface area contributed by atoms with Crippen LogP contribution >= 0.6 is 0 Å². The quantitative estimate of drug-likeness (QED) is 0.738. The molecule has 2 N–H and O–H groups in total. The Morgan fingerprint density at radius 1 is 1.60 bits per heavy atom. The summed E-state index contributed by atoms with van der Waals surface area (Å²) in [5.41, 5.74) is 4.85. The topological polar surface area (TPSA) is 52.3 Å². The second kappa shape index (κ2) is 3.70. The lowest BCUT2D eigenvalue weighted by molar-refractivity contribution is -0.156. The molecule has 5 heteroatoms. The van der Waals surface area contributed by atoms with Gasteiger partial charge < -0.3 is 10.5 Å². The summed E-state index contributed by atoms with van der Waals surface area (Å²) < 4.78 is 30.1. The van der Waals surface area contributed by atoms with Crippen molar-refractivity contribution in [3.63, 3.8) is 0 Å². The molecule has 1 saturated carbocycles. The zero-order valence-electron chi connectivity index (χ0n) is 9.22. The molecule has 0 aromatic heterocycles. The van der Waals surface area contributed by atoms with Gasteiger partial charge in [0.05, 0.1) is 0 Å². The SMILES string of the molecule is CC(C)(C)OC(=O)[C@H](N)CC1CC1(F)F. The number of hydrogen-bond acceptors (Lipinski definition) is 3. The Balaban J connectivity index is 2.35. The molecule has 0 aliphatic heterocycles.